The first-order chi connectivity index (χ1) is 4.81. The van der Waals surface area contributed by atoms with E-state index in [1.54, 1.807) is 0 Å². The van der Waals surface area contributed by atoms with Crippen LogP contribution in [0, 0.1) is 0 Å². The molecule has 10 heavy (non-hydrogen) atoms. The Hall–Kier alpha value is -0.240. The van der Waals surface area contributed by atoms with Gasteiger partial charge in [0.25, 0.3) is 0 Å². The van der Waals surface area contributed by atoms with Gasteiger partial charge in [-0.15, -0.1) is 0 Å². The summed E-state index contributed by atoms with van der Waals surface area (Å²) in [5.74, 6) is 5.01. The largest absolute Gasteiger partial charge is 0.394 e. The predicted molar refractivity (Wildman–Crippen MR) is 32.1 cm³/mol. The summed E-state index contributed by atoms with van der Waals surface area (Å²) < 4.78 is 0. The van der Waals surface area contributed by atoms with Gasteiger partial charge in [-0.1, -0.05) is 0 Å². The van der Waals surface area contributed by atoms with E-state index in [1.807, 2.05) is 0 Å². The Bertz CT molecular complexity index is 64.3. The molecule has 0 aliphatic heterocycles. The number of nitrogens with two attached hydrogens (primary N) is 1. The number of rotatable bonds is 6. The summed E-state index contributed by atoms with van der Waals surface area (Å²) in [4.78, 5) is 9.04. The van der Waals surface area contributed by atoms with Gasteiger partial charge in [0.15, 0.2) is 0 Å². The third-order valence-electron chi connectivity index (χ3n) is 0.620. The van der Waals surface area contributed by atoms with Gasteiger partial charge in [0.05, 0.1) is 26.4 Å². The zero-order valence-corrected chi connectivity index (χ0v) is 5.56. The molecule has 62 valence electrons. The molecule has 0 aromatic carbocycles. The maximum absolute atomic E-state index is 8.23. The van der Waals surface area contributed by atoms with Crippen molar-refractivity contribution in [1.82, 2.24) is 5.34 Å². The van der Waals surface area contributed by atoms with Crippen molar-refractivity contribution in [2.75, 3.05) is 26.4 Å². The van der Waals surface area contributed by atoms with E-state index in [1.165, 1.54) is 0 Å². The van der Waals surface area contributed by atoms with Crippen molar-refractivity contribution in [1.29, 1.82) is 0 Å². The number of hydrazine groups is 1. The highest BCUT2D eigenvalue weighted by molar-refractivity contribution is 4.17. The highest BCUT2D eigenvalue weighted by Crippen LogP contribution is 1.81. The van der Waals surface area contributed by atoms with E-state index >= 15 is 0 Å². The lowest BCUT2D eigenvalue weighted by molar-refractivity contribution is -0.375. The van der Waals surface area contributed by atoms with E-state index in [-0.39, 0.29) is 26.4 Å². The van der Waals surface area contributed by atoms with Crippen LogP contribution in [0.25, 0.3) is 0 Å². The van der Waals surface area contributed by atoms with Crippen LogP contribution in [-0.4, -0.2) is 42.0 Å². The molecule has 0 aromatic heterocycles. The molecule has 0 heterocycles. The number of nitrogens with zero attached hydrogens (tertiary/aromatic N) is 1. The second kappa shape index (κ2) is 6.87. The van der Waals surface area contributed by atoms with Crippen LogP contribution in [0.1, 0.15) is 0 Å². The lowest BCUT2D eigenvalue weighted by Crippen LogP contribution is -2.33. The Labute approximate surface area is 58.6 Å². The molecule has 0 aliphatic rings. The molecule has 0 bridgehead atoms. The molecular formula is C4H12N2O4. The predicted octanol–water partition coefficient (Wildman–Crippen LogP) is -1.99. The fraction of sp³-hybridized carbons (Fsp3) is 1.00. The Morgan fingerprint density at radius 1 is 1.10 bits per heavy atom. The minimum Gasteiger partial charge on any atom is -0.394 e. The molecule has 0 saturated carbocycles. The van der Waals surface area contributed by atoms with Crippen molar-refractivity contribution in [3.63, 3.8) is 0 Å². The third-order valence-corrected chi connectivity index (χ3v) is 0.620. The van der Waals surface area contributed by atoms with Gasteiger partial charge in [0.2, 0.25) is 0 Å². The lowest BCUT2D eigenvalue weighted by Gasteiger charge is -2.12. The zero-order chi connectivity index (χ0) is 7.82. The van der Waals surface area contributed by atoms with Gasteiger partial charge in [-0.25, -0.2) is 5.84 Å². The van der Waals surface area contributed by atoms with Crippen molar-refractivity contribution < 1.29 is 19.9 Å². The fourth-order valence-corrected chi connectivity index (χ4v) is 0.299. The van der Waals surface area contributed by atoms with Gasteiger partial charge in [-0.05, 0) is 0 Å². The third kappa shape index (κ3) is 5.89. The Morgan fingerprint density at radius 2 is 1.50 bits per heavy atom. The molecule has 0 rings (SSSR count). The maximum atomic E-state index is 8.23. The molecule has 0 saturated heterocycles. The molecule has 0 aromatic rings. The van der Waals surface area contributed by atoms with Gasteiger partial charge in [-0.2, -0.15) is 0 Å². The SMILES string of the molecule is NN(OCCO)OCCO. The fourth-order valence-electron chi connectivity index (χ4n) is 0.299. The Balaban J connectivity index is 3.00. The minimum absolute atomic E-state index is 0.0714. The van der Waals surface area contributed by atoms with Crippen LogP contribution < -0.4 is 5.84 Å². The maximum Gasteiger partial charge on any atom is 0.0957 e. The number of aliphatic hydroxyl groups excluding tert-OH is 2. The van der Waals surface area contributed by atoms with E-state index in [9.17, 15) is 0 Å². The second-order valence-corrected chi connectivity index (χ2v) is 1.40. The Morgan fingerprint density at radius 3 is 1.80 bits per heavy atom. The smallest absolute Gasteiger partial charge is 0.0957 e. The highest BCUT2D eigenvalue weighted by Gasteiger charge is 1.96. The van der Waals surface area contributed by atoms with Crippen LogP contribution in [0.5, 0.6) is 0 Å². The quantitative estimate of drug-likeness (QED) is 0.301. The van der Waals surface area contributed by atoms with Crippen molar-refractivity contribution in [3.8, 4) is 0 Å². The first-order valence-electron chi connectivity index (χ1n) is 2.83. The monoisotopic (exact) mass is 152 g/mol. The number of aliphatic hydroxyl groups is 2. The number of hydrogen-bond acceptors (Lipinski definition) is 6. The van der Waals surface area contributed by atoms with E-state index in [2.05, 4.69) is 9.68 Å². The number of hydrogen-bond donors (Lipinski definition) is 3. The summed E-state index contributed by atoms with van der Waals surface area (Å²) in [5, 5.41) is 17.1. The van der Waals surface area contributed by atoms with Crippen molar-refractivity contribution in [2.45, 2.75) is 0 Å². The van der Waals surface area contributed by atoms with Gasteiger partial charge in [0.1, 0.15) is 0 Å². The lowest BCUT2D eigenvalue weighted by atomic mass is 10.8. The van der Waals surface area contributed by atoms with Crippen LogP contribution in [0.4, 0.5) is 0 Å². The standard InChI is InChI=1S/C4H12N2O4/c5-6(9-3-1-7)10-4-2-8/h7-8H,1-5H2. The van der Waals surface area contributed by atoms with E-state index in [4.69, 9.17) is 16.1 Å². The first kappa shape index (κ1) is 9.76. The van der Waals surface area contributed by atoms with E-state index in [0.717, 1.165) is 0 Å². The van der Waals surface area contributed by atoms with Gasteiger partial charge in [-0.3, -0.25) is 9.68 Å². The summed E-state index contributed by atoms with van der Waals surface area (Å²) in [7, 11) is 0. The second-order valence-electron chi connectivity index (χ2n) is 1.40. The average Bonchev–Trinajstić information content (AvgIpc) is 1.97. The van der Waals surface area contributed by atoms with Crippen LogP contribution in [0.15, 0.2) is 0 Å². The van der Waals surface area contributed by atoms with Gasteiger partial charge < -0.3 is 10.2 Å². The first-order valence-corrected chi connectivity index (χ1v) is 2.83. The molecule has 0 atom stereocenters. The molecule has 6 nitrogen and oxygen atoms in total. The molecule has 0 unspecified atom stereocenters. The topological polar surface area (TPSA) is 88.2 Å². The minimum atomic E-state index is -0.129. The molecule has 0 aliphatic carbocycles. The van der Waals surface area contributed by atoms with E-state index < -0.39 is 0 Å². The molecule has 4 N–H and O–H groups in total. The summed E-state index contributed by atoms with van der Waals surface area (Å²) in [6.45, 7) is -0.115. The highest BCUT2D eigenvalue weighted by atomic mass is 17.0. The summed E-state index contributed by atoms with van der Waals surface area (Å²) >= 11 is 0. The van der Waals surface area contributed by atoms with Gasteiger partial charge in [0, 0.05) is 5.34 Å². The Kier molecular flexibility index (Phi) is 6.71. The molecule has 0 fully saturated rings. The molecule has 0 radical (unpaired) electrons. The zero-order valence-electron chi connectivity index (χ0n) is 5.56. The van der Waals surface area contributed by atoms with Gasteiger partial charge >= 0.3 is 0 Å². The van der Waals surface area contributed by atoms with E-state index in [0.29, 0.717) is 5.34 Å². The van der Waals surface area contributed by atoms with Crippen LogP contribution in [0.3, 0.4) is 0 Å². The van der Waals surface area contributed by atoms with Crippen LogP contribution in [0.2, 0.25) is 0 Å². The summed E-state index contributed by atoms with van der Waals surface area (Å²) in [6, 6.07) is 0. The molecular weight excluding hydrogens is 140 g/mol. The van der Waals surface area contributed by atoms with Crippen LogP contribution in [-0.2, 0) is 9.68 Å². The molecule has 0 amide bonds. The van der Waals surface area contributed by atoms with Crippen molar-refractivity contribution >= 4 is 0 Å². The molecule has 6 heteroatoms. The molecule has 0 spiro atoms. The van der Waals surface area contributed by atoms with Crippen molar-refractivity contribution in [2.24, 2.45) is 5.84 Å². The van der Waals surface area contributed by atoms with Crippen LogP contribution >= 0.6 is 0 Å². The normalized spacial score (nSPS) is 10.8. The van der Waals surface area contributed by atoms with Crippen molar-refractivity contribution in [3.05, 3.63) is 0 Å². The average molecular weight is 152 g/mol. The summed E-state index contributed by atoms with van der Waals surface area (Å²) in [6.07, 6.45) is 0. The summed E-state index contributed by atoms with van der Waals surface area (Å²) in [5.41, 5.74) is 0.